The SMILES string of the molecule is CCCCc1nc2c(NC(=O)NC3CCCCC3)cccc2n1Cc1ccc(-c2ccccc2C(=O)O)cc1. The van der Waals surface area contributed by atoms with Crippen LogP contribution in [0.4, 0.5) is 10.5 Å². The number of carbonyl (C=O) groups is 2. The number of aromatic nitrogens is 2. The fourth-order valence-corrected chi connectivity index (χ4v) is 5.48. The largest absolute Gasteiger partial charge is 0.478 e. The second kappa shape index (κ2) is 12.2. The maximum Gasteiger partial charge on any atom is 0.336 e. The molecule has 1 aliphatic rings. The summed E-state index contributed by atoms with van der Waals surface area (Å²) >= 11 is 0. The molecule has 0 unspecified atom stereocenters. The first-order chi connectivity index (χ1) is 19.0. The van der Waals surface area contributed by atoms with Crippen LogP contribution in [0.2, 0.25) is 0 Å². The quantitative estimate of drug-likeness (QED) is 0.215. The summed E-state index contributed by atoms with van der Waals surface area (Å²) in [4.78, 5) is 29.5. The van der Waals surface area contributed by atoms with Crippen LogP contribution in [0.1, 0.15) is 73.6 Å². The smallest absolute Gasteiger partial charge is 0.336 e. The summed E-state index contributed by atoms with van der Waals surface area (Å²) in [6.07, 6.45) is 8.59. The fraction of sp³-hybridized carbons (Fsp3) is 0.344. The minimum atomic E-state index is -0.933. The Morgan fingerprint density at radius 3 is 2.49 bits per heavy atom. The van der Waals surface area contributed by atoms with Crippen molar-refractivity contribution in [3.63, 3.8) is 0 Å². The van der Waals surface area contributed by atoms with E-state index in [0.717, 1.165) is 65.8 Å². The molecule has 1 heterocycles. The van der Waals surface area contributed by atoms with Gasteiger partial charge < -0.3 is 20.3 Å². The number of amides is 2. The van der Waals surface area contributed by atoms with Gasteiger partial charge in [0.2, 0.25) is 0 Å². The number of aryl methyl sites for hydroxylation is 1. The molecule has 0 saturated heterocycles. The number of hydrogen-bond acceptors (Lipinski definition) is 3. The Balaban J connectivity index is 1.41. The lowest BCUT2D eigenvalue weighted by Gasteiger charge is -2.22. The fourth-order valence-electron chi connectivity index (χ4n) is 5.48. The van der Waals surface area contributed by atoms with Gasteiger partial charge in [0.1, 0.15) is 11.3 Å². The number of anilines is 1. The second-order valence-corrected chi connectivity index (χ2v) is 10.4. The molecule has 7 heteroatoms. The van der Waals surface area contributed by atoms with Crippen molar-refractivity contribution in [1.82, 2.24) is 14.9 Å². The number of carboxylic acid groups (broad SMARTS) is 1. The molecule has 2 amide bonds. The van der Waals surface area contributed by atoms with Crippen LogP contribution in [0.3, 0.4) is 0 Å². The van der Waals surface area contributed by atoms with Crippen LogP contribution in [0.15, 0.2) is 66.7 Å². The van der Waals surface area contributed by atoms with E-state index in [1.54, 1.807) is 12.1 Å². The van der Waals surface area contributed by atoms with E-state index >= 15 is 0 Å². The molecule has 1 fully saturated rings. The molecule has 5 rings (SSSR count). The van der Waals surface area contributed by atoms with Crippen LogP contribution in [0, 0.1) is 0 Å². The van der Waals surface area contributed by atoms with Crippen molar-refractivity contribution in [1.29, 1.82) is 0 Å². The van der Waals surface area contributed by atoms with Crippen molar-refractivity contribution in [2.24, 2.45) is 0 Å². The van der Waals surface area contributed by atoms with Gasteiger partial charge in [-0.25, -0.2) is 14.6 Å². The Bertz CT molecular complexity index is 1450. The standard InChI is InChI=1S/C32H36N4O3/c1-2-3-16-29-35-30-27(34-32(39)33-24-10-5-4-6-11-24)14-9-15-28(30)36(29)21-22-17-19-23(20-18-22)25-12-7-8-13-26(25)31(37)38/h7-9,12-15,17-20,24H,2-6,10-11,16,21H2,1H3,(H,37,38)(H2,33,34,39). The number of aromatic carboxylic acids is 1. The third kappa shape index (κ3) is 6.14. The van der Waals surface area contributed by atoms with Crippen LogP contribution in [0.25, 0.3) is 22.2 Å². The van der Waals surface area contributed by atoms with E-state index in [1.807, 2.05) is 48.5 Å². The van der Waals surface area contributed by atoms with Gasteiger partial charge in [0, 0.05) is 19.0 Å². The first-order valence-corrected chi connectivity index (χ1v) is 14.0. The number of rotatable bonds is 9. The monoisotopic (exact) mass is 524 g/mol. The van der Waals surface area contributed by atoms with Gasteiger partial charge in [-0.1, -0.05) is 81.1 Å². The topological polar surface area (TPSA) is 96.3 Å². The maximum atomic E-state index is 12.8. The van der Waals surface area contributed by atoms with E-state index in [-0.39, 0.29) is 12.1 Å². The molecule has 0 radical (unpaired) electrons. The predicted molar refractivity (Wildman–Crippen MR) is 155 cm³/mol. The molecule has 1 saturated carbocycles. The van der Waals surface area contributed by atoms with Crippen LogP contribution in [0.5, 0.6) is 0 Å². The lowest BCUT2D eigenvalue weighted by Crippen LogP contribution is -2.39. The molecular formula is C32H36N4O3. The molecule has 0 spiro atoms. The summed E-state index contributed by atoms with van der Waals surface area (Å²) in [7, 11) is 0. The van der Waals surface area contributed by atoms with E-state index in [9.17, 15) is 14.7 Å². The summed E-state index contributed by atoms with van der Waals surface area (Å²) < 4.78 is 2.23. The molecule has 4 aromatic rings. The van der Waals surface area contributed by atoms with Gasteiger partial charge in [-0.15, -0.1) is 0 Å². The Morgan fingerprint density at radius 2 is 1.74 bits per heavy atom. The van der Waals surface area contributed by atoms with Crippen molar-refractivity contribution in [3.05, 3.63) is 83.7 Å². The first kappa shape index (κ1) is 26.5. The lowest BCUT2D eigenvalue weighted by molar-refractivity contribution is 0.0697. The Morgan fingerprint density at radius 1 is 0.974 bits per heavy atom. The van der Waals surface area contributed by atoms with Crippen LogP contribution in [-0.2, 0) is 13.0 Å². The minimum absolute atomic E-state index is 0.170. The number of carboxylic acids is 1. The normalized spacial score (nSPS) is 13.9. The summed E-state index contributed by atoms with van der Waals surface area (Å²) in [6, 6.07) is 21.1. The Labute approximate surface area is 229 Å². The number of carbonyl (C=O) groups excluding carboxylic acids is 1. The molecule has 0 aliphatic heterocycles. The van der Waals surface area contributed by atoms with Gasteiger partial charge in [0.05, 0.1) is 16.8 Å². The number of para-hydroxylation sites is 1. The first-order valence-electron chi connectivity index (χ1n) is 14.0. The second-order valence-electron chi connectivity index (χ2n) is 10.4. The van der Waals surface area contributed by atoms with E-state index in [2.05, 4.69) is 28.2 Å². The molecule has 7 nitrogen and oxygen atoms in total. The lowest BCUT2D eigenvalue weighted by atomic mass is 9.96. The van der Waals surface area contributed by atoms with Crippen LogP contribution in [-0.4, -0.2) is 32.7 Å². The highest BCUT2D eigenvalue weighted by atomic mass is 16.4. The number of imidazole rings is 1. The third-order valence-corrected chi connectivity index (χ3v) is 7.56. The highest BCUT2D eigenvalue weighted by molar-refractivity contribution is 5.99. The molecule has 202 valence electrons. The summed E-state index contributed by atoms with van der Waals surface area (Å²) in [5, 5.41) is 15.8. The average molecular weight is 525 g/mol. The number of benzene rings is 3. The van der Waals surface area contributed by atoms with Crippen molar-refractivity contribution < 1.29 is 14.7 Å². The minimum Gasteiger partial charge on any atom is -0.478 e. The molecule has 1 aliphatic carbocycles. The Kier molecular flexibility index (Phi) is 8.25. The van der Waals surface area contributed by atoms with E-state index in [0.29, 0.717) is 17.7 Å². The number of unbranched alkanes of at least 4 members (excludes halogenated alkanes) is 1. The highest BCUT2D eigenvalue weighted by Crippen LogP contribution is 2.28. The van der Waals surface area contributed by atoms with Crippen molar-refractivity contribution in [2.45, 2.75) is 70.9 Å². The molecular weight excluding hydrogens is 488 g/mol. The molecule has 39 heavy (non-hydrogen) atoms. The molecule has 1 aromatic heterocycles. The number of fused-ring (bicyclic) bond motifs is 1. The predicted octanol–water partition coefficient (Wildman–Crippen LogP) is 7.25. The summed E-state index contributed by atoms with van der Waals surface area (Å²) in [6.45, 7) is 2.80. The van der Waals surface area contributed by atoms with Crippen molar-refractivity contribution in [3.8, 4) is 11.1 Å². The zero-order valence-corrected chi connectivity index (χ0v) is 22.5. The number of nitrogens with zero attached hydrogens (tertiary/aromatic N) is 2. The van der Waals surface area contributed by atoms with Gasteiger partial charge in [0.15, 0.2) is 0 Å². The molecule has 0 bridgehead atoms. The van der Waals surface area contributed by atoms with Gasteiger partial charge in [-0.3, -0.25) is 0 Å². The molecule has 0 atom stereocenters. The number of hydrogen-bond donors (Lipinski definition) is 3. The van der Waals surface area contributed by atoms with E-state index in [1.165, 1.54) is 19.3 Å². The molecule has 3 aromatic carbocycles. The zero-order valence-electron chi connectivity index (χ0n) is 22.5. The Hall–Kier alpha value is -4.13. The van der Waals surface area contributed by atoms with Crippen molar-refractivity contribution >= 4 is 28.7 Å². The van der Waals surface area contributed by atoms with Crippen LogP contribution < -0.4 is 10.6 Å². The van der Waals surface area contributed by atoms with Gasteiger partial charge in [0.25, 0.3) is 0 Å². The van der Waals surface area contributed by atoms with Gasteiger partial charge >= 0.3 is 12.0 Å². The number of urea groups is 1. The van der Waals surface area contributed by atoms with Gasteiger partial charge in [-0.2, -0.15) is 0 Å². The third-order valence-electron chi connectivity index (χ3n) is 7.56. The number of nitrogens with one attached hydrogen (secondary N) is 2. The zero-order chi connectivity index (χ0) is 27.2. The average Bonchev–Trinajstić information content (AvgIpc) is 3.30. The molecule has 3 N–H and O–H groups in total. The summed E-state index contributed by atoms with van der Waals surface area (Å²) in [5.41, 5.74) is 5.46. The van der Waals surface area contributed by atoms with Crippen LogP contribution >= 0.6 is 0 Å². The van der Waals surface area contributed by atoms with Crippen molar-refractivity contribution in [2.75, 3.05) is 5.32 Å². The van der Waals surface area contributed by atoms with Gasteiger partial charge in [-0.05, 0) is 54.2 Å². The maximum absolute atomic E-state index is 12.8. The summed E-state index contributed by atoms with van der Waals surface area (Å²) in [5.74, 6) is 0.0612. The van der Waals surface area contributed by atoms with E-state index in [4.69, 9.17) is 4.98 Å². The highest BCUT2D eigenvalue weighted by Gasteiger charge is 2.19. The van der Waals surface area contributed by atoms with E-state index < -0.39 is 5.97 Å².